The molecule has 3 atom stereocenters. The predicted octanol–water partition coefficient (Wildman–Crippen LogP) is 12.1. The number of hydrogen-bond donors (Lipinski definition) is 0. The number of halogens is 1. The van der Waals surface area contributed by atoms with Crippen LogP contribution in [0, 0.1) is 41.5 Å². The summed E-state index contributed by atoms with van der Waals surface area (Å²) >= 11 is 0. The maximum absolute atomic E-state index is 12.6. The molecular formula is C85H128ClN17O9S5. The molecule has 32 heteroatoms. The molecule has 0 saturated carbocycles. The van der Waals surface area contributed by atoms with Crippen LogP contribution in [0.5, 0.6) is 18.0 Å². The number of nitrogens with zero attached hydrogens (tertiary/aromatic N) is 17. The van der Waals surface area contributed by atoms with Gasteiger partial charge in [-0.25, -0.2) is 21.6 Å². The SMILES string of the molecule is C=CS(=O)(=O)Cl.C=CS(=O)(=O)N1CCN(c2nc(OC[C@@H]3CCCN3C)nc3c2CCN(c2cccc(C)c2C)C3)CC1.Cc1cccc(N2CCc3c(nc(OC[C@@H]4CCCN4C)nc3N3CCCCC3)C2)c1C.Cc1cccc(N2CCc3c(nc(OC[C@@H]4CCCN4C)nc3N3CCN(C(=O)OC(C)(C)C)CC3)C2)c1C.S.S.S. The third-order valence-electron chi connectivity index (χ3n) is 24.2. The van der Waals surface area contributed by atoms with Gasteiger partial charge in [0.15, 0.2) is 0 Å². The monoisotopic (exact) mass is 1730 g/mol. The normalized spacial score (nSPS) is 19.9. The first-order chi connectivity index (χ1) is 54.5. The highest BCUT2D eigenvalue weighted by Crippen LogP contribution is 2.39. The lowest BCUT2D eigenvalue weighted by molar-refractivity contribution is 0.0240. The zero-order valence-electron chi connectivity index (χ0n) is 71.0. The molecule has 9 aliphatic heterocycles. The molecule has 6 aromatic rings. The highest BCUT2D eigenvalue weighted by Gasteiger charge is 2.36. The van der Waals surface area contributed by atoms with Gasteiger partial charge in [0.2, 0.25) is 10.0 Å². The van der Waals surface area contributed by atoms with E-state index in [1.807, 2.05) is 20.8 Å². The number of aryl methyl sites for hydroxylation is 3. The van der Waals surface area contributed by atoms with Gasteiger partial charge in [-0.2, -0.15) is 74.7 Å². The van der Waals surface area contributed by atoms with Crippen LogP contribution in [0.2, 0.25) is 0 Å². The van der Waals surface area contributed by atoms with Crippen LogP contribution in [0.1, 0.15) is 146 Å². The second-order valence-corrected chi connectivity index (χ2v) is 37.4. The van der Waals surface area contributed by atoms with E-state index in [9.17, 15) is 21.6 Å². The Balaban J connectivity index is 0.000000192. The summed E-state index contributed by atoms with van der Waals surface area (Å²) in [5, 5.41) is 1.71. The number of fused-ring (bicyclic) bond motifs is 3. The average Bonchev–Trinajstić information content (AvgIpc) is 1.71. The van der Waals surface area contributed by atoms with Crippen molar-refractivity contribution < 1.29 is 40.6 Å². The van der Waals surface area contributed by atoms with Gasteiger partial charge >= 0.3 is 24.1 Å². The van der Waals surface area contributed by atoms with E-state index in [-0.39, 0.29) is 46.6 Å². The Morgan fingerprint density at radius 3 is 1.07 bits per heavy atom. The molecule has 0 spiro atoms. The Bertz CT molecular complexity index is 4590. The number of likely N-dealkylation sites (tertiary alicyclic amines) is 3. The Kier molecular flexibility index (Phi) is 33.6. The molecule has 0 aliphatic carbocycles. The Morgan fingerprint density at radius 2 is 0.769 bits per heavy atom. The number of aromatic nitrogens is 6. The first-order valence-corrected chi connectivity index (χ1v) is 44.9. The van der Waals surface area contributed by atoms with E-state index in [0.29, 0.717) is 120 Å². The fourth-order valence-electron chi connectivity index (χ4n) is 16.9. The predicted molar refractivity (Wildman–Crippen MR) is 487 cm³/mol. The number of piperidine rings is 1. The van der Waals surface area contributed by atoms with Crippen molar-refractivity contribution in [2.45, 2.75) is 183 Å². The summed E-state index contributed by atoms with van der Waals surface area (Å²) < 4.78 is 69.6. The molecular weight excluding hydrogens is 1600 g/mol. The van der Waals surface area contributed by atoms with E-state index in [1.165, 1.54) is 111 Å². The van der Waals surface area contributed by atoms with Crippen LogP contribution in [-0.2, 0) is 62.7 Å². The third kappa shape index (κ3) is 24.0. The van der Waals surface area contributed by atoms with Gasteiger partial charge in [0.25, 0.3) is 9.05 Å². The van der Waals surface area contributed by atoms with Crippen LogP contribution in [0.25, 0.3) is 0 Å². The molecule has 9 aliphatic rings. The van der Waals surface area contributed by atoms with Crippen LogP contribution in [0.15, 0.2) is 78.6 Å². The molecule has 3 aromatic carbocycles. The number of rotatable bonds is 18. The van der Waals surface area contributed by atoms with Gasteiger partial charge < -0.3 is 67.9 Å². The molecule has 644 valence electrons. The van der Waals surface area contributed by atoms with Crippen molar-refractivity contribution in [3.63, 3.8) is 0 Å². The largest absolute Gasteiger partial charge is 0.462 e. The van der Waals surface area contributed by atoms with E-state index in [1.54, 1.807) is 4.90 Å². The second-order valence-electron chi connectivity index (χ2n) is 32.9. The summed E-state index contributed by atoms with van der Waals surface area (Å²) in [6, 6.07) is 22.2. The molecule has 15 rings (SSSR count). The number of amides is 1. The maximum atomic E-state index is 12.6. The Labute approximate surface area is 721 Å². The molecule has 6 fully saturated rings. The van der Waals surface area contributed by atoms with Crippen molar-refractivity contribution in [2.75, 3.05) is 175 Å². The number of sulfonamides is 1. The number of benzene rings is 3. The molecule has 0 unspecified atom stereocenters. The van der Waals surface area contributed by atoms with Crippen LogP contribution in [-0.4, -0.2) is 246 Å². The lowest BCUT2D eigenvalue weighted by Gasteiger charge is -2.38. The van der Waals surface area contributed by atoms with E-state index in [4.69, 9.17) is 48.9 Å². The highest BCUT2D eigenvalue weighted by molar-refractivity contribution is 8.16. The fraction of sp³-hybridized carbons (Fsp3) is 0.588. The molecule has 117 heavy (non-hydrogen) atoms. The van der Waals surface area contributed by atoms with Crippen LogP contribution in [0.3, 0.4) is 0 Å². The van der Waals surface area contributed by atoms with Crippen LogP contribution in [0.4, 0.5) is 39.3 Å². The van der Waals surface area contributed by atoms with Gasteiger partial charge in [-0.15, -0.1) is 0 Å². The van der Waals surface area contributed by atoms with Crippen LogP contribution < -0.4 is 43.6 Å². The molecule has 0 N–H and O–H groups in total. The third-order valence-corrected chi connectivity index (χ3v) is 26.5. The number of ether oxygens (including phenoxy) is 4. The molecule has 0 bridgehead atoms. The minimum Gasteiger partial charge on any atom is -0.462 e. The van der Waals surface area contributed by atoms with Gasteiger partial charge in [-0.1, -0.05) is 49.6 Å². The van der Waals surface area contributed by atoms with Crippen molar-refractivity contribution in [1.82, 2.24) is 53.8 Å². The molecule has 3 aromatic heterocycles. The summed E-state index contributed by atoms with van der Waals surface area (Å²) in [6.45, 7) is 42.2. The summed E-state index contributed by atoms with van der Waals surface area (Å²) in [5.41, 5.74) is 18.1. The number of anilines is 6. The number of carbonyl (C=O) groups is 1. The van der Waals surface area contributed by atoms with E-state index in [0.717, 1.165) is 143 Å². The summed E-state index contributed by atoms with van der Waals surface area (Å²) in [7, 11) is 4.21. The molecule has 0 radical (unpaired) electrons. The standard InChI is InChI=1S/C30H44N6O3.C27H38N6O3S.C26H37N5O.C2H3ClO2S.3H2S/c1-21-9-7-11-26(22(21)2)36-14-12-24-25(19-36)31-28(38-20-23-10-8-13-33(23)6)32-27(24)34-15-17-35(18-16-34)29(37)39-30(3,4)5;1-5-37(34,35)33-16-14-31(15-17-33)26-23-11-13-32(25-10-6-8-20(2)21(25)3)18-24(23)28-27(29-26)36-19-22-9-7-12-30(22)4;1-19-9-7-11-24(20(19)2)31-16-12-22-23(17-31)27-26(32-18-21-10-8-13-29(21)3)28-25(22)30-14-5-4-6-15-30;1-2-6(3,4)5;;;/h7,9,11,23H,8,10,12-20H2,1-6H3;5-6,8,10,22H,1,7,9,11-19H2,2-4H3;7,9,11,21H,4-6,8,10,12-18H2,1-3H3;2H,1H2;3*1H2/t23-;22-;21-;;;;/m000..../s1. The van der Waals surface area contributed by atoms with Gasteiger partial charge in [-0.3, -0.25) is 0 Å². The zero-order chi connectivity index (χ0) is 81.2. The average molecular weight is 1730 g/mol. The van der Waals surface area contributed by atoms with E-state index in [2.05, 4.69) is 185 Å². The molecule has 6 saturated heterocycles. The quantitative estimate of drug-likeness (QED) is 0.0727. The summed E-state index contributed by atoms with van der Waals surface area (Å²) in [5.74, 6) is 2.97. The molecule has 26 nitrogen and oxygen atoms in total. The van der Waals surface area contributed by atoms with Crippen molar-refractivity contribution in [3.05, 3.63) is 146 Å². The first-order valence-electron chi connectivity index (χ1n) is 41.1. The van der Waals surface area contributed by atoms with Gasteiger partial charge in [0, 0.05) is 158 Å². The lowest BCUT2D eigenvalue weighted by atomic mass is 10.0. The van der Waals surface area contributed by atoms with Gasteiger partial charge in [0.1, 0.15) is 42.9 Å². The van der Waals surface area contributed by atoms with Crippen molar-refractivity contribution in [2.24, 2.45) is 0 Å². The fourth-order valence-corrected chi connectivity index (χ4v) is 17.8. The van der Waals surface area contributed by atoms with Gasteiger partial charge in [-0.05, 0) is 232 Å². The number of piperazine rings is 2. The number of likely N-dealkylation sites (N-methyl/N-ethyl adjacent to an activating group) is 3. The smallest absolute Gasteiger partial charge is 0.410 e. The minimum atomic E-state index is -3.43. The number of hydrogen-bond acceptors (Lipinski definition) is 24. The number of carbonyl (C=O) groups excluding carboxylic acids is 1. The molecule has 1 amide bonds. The second kappa shape index (κ2) is 41.9. The minimum absolute atomic E-state index is 0. The lowest BCUT2D eigenvalue weighted by Crippen LogP contribution is -2.50. The van der Waals surface area contributed by atoms with Crippen LogP contribution >= 0.6 is 51.2 Å². The Morgan fingerprint density at radius 1 is 0.444 bits per heavy atom. The zero-order valence-corrected chi connectivity index (χ0v) is 76.4. The van der Waals surface area contributed by atoms with Gasteiger partial charge in [0.05, 0.1) is 36.7 Å². The maximum Gasteiger partial charge on any atom is 0.410 e. The highest BCUT2D eigenvalue weighted by atomic mass is 35.7. The van der Waals surface area contributed by atoms with Crippen molar-refractivity contribution in [1.29, 1.82) is 0 Å². The van der Waals surface area contributed by atoms with Crippen molar-refractivity contribution >= 4 is 111 Å². The van der Waals surface area contributed by atoms with E-state index >= 15 is 0 Å². The Hall–Kier alpha value is -7.07. The van der Waals surface area contributed by atoms with Crippen molar-refractivity contribution in [3.8, 4) is 18.0 Å². The van der Waals surface area contributed by atoms with E-state index < -0.39 is 24.7 Å². The topological polar surface area (TPSA) is 235 Å². The molecule has 12 heterocycles. The summed E-state index contributed by atoms with van der Waals surface area (Å²) in [4.78, 5) is 65.5. The summed E-state index contributed by atoms with van der Waals surface area (Å²) in [6.07, 6.45) is 13.3. The first kappa shape index (κ1) is 93.8.